The Bertz CT molecular complexity index is 1140. The van der Waals surface area contributed by atoms with Crippen LogP contribution in [0.2, 0.25) is 0 Å². The highest BCUT2D eigenvalue weighted by Gasteiger charge is 2.28. The molecule has 9 heteroatoms. The van der Waals surface area contributed by atoms with Gasteiger partial charge in [0.2, 0.25) is 5.91 Å². The van der Waals surface area contributed by atoms with Gasteiger partial charge in [0.15, 0.2) is 0 Å². The zero-order chi connectivity index (χ0) is 22.8. The van der Waals surface area contributed by atoms with Crippen molar-refractivity contribution < 1.29 is 9.59 Å². The van der Waals surface area contributed by atoms with E-state index in [4.69, 9.17) is 5.73 Å². The number of aromatic nitrogens is 2. The number of urea groups is 1. The molecule has 0 aliphatic carbocycles. The Morgan fingerprint density at radius 2 is 1.84 bits per heavy atom. The van der Waals surface area contributed by atoms with Crippen LogP contribution in [-0.4, -0.2) is 35.0 Å². The minimum absolute atomic E-state index is 0.0212. The number of fused-ring (bicyclic) bond motifs is 1. The van der Waals surface area contributed by atoms with E-state index in [-0.39, 0.29) is 17.9 Å². The lowest BCUT2D eigenvalue weighted by Gasteiger charge is -2.33. The van der Waals surface area contributed by atoms with Crippen molar-refractivity contribution in [1.82, 2.24) is 15.3 Å². The number of piperidine rings is 1. The van der Waals surface area contributed by atoms with Crippen LogP contribution in [0.25, 0.3) is 10.2 Å². The van der Waals surface area contributed by atoms with Crippen molar-refractivity contribution in [3.63, 3.8) is 0 Å². The van der Waals surface area contributed by atoms with E-state index in [1.165, 1.54) is 10.4 Å². The molecule has 1 atom stereocenters. The number of thiophene rings is 1. The third kappa shape index (κ3) is 4.52. The second-order valence-corrected chi connectivity index (χ2v) is 9.47. The van der Waals surface area contributed by atoms with Gasteiger partial charge >= 0.3 is 6.03 Å². The van der Waals surface area contributed by atoms with Crippen LogP contribution in [0.3, 0.4) is 0 Å². The van der Waals surface area contributed by atoms with Gasteiger partial charge in [-0.15, -0.1) is 11.3 Å². The van der Waals surface area contributed by atoms with Crippen molar-refractivity contribution in [3.8, 4) is 0 Å². The molecule has 0 spiro atoms. The topological polar surface area (TPSA) is 113 Å². The number of hydrogen-bond acceptors (Lipinski definition) is 6. The molecule has 0 saturated carbocycles. The van der Waals surface area contributed by atoms with Gasteiger partial charge in [-0.25, -0.2) is 14.8 Å². The van der Waals surface area contributed by atoms with Crippen molar-refractivity contribution in [2.24, 2.45) is 11.7 Å². The average molecular weight is 453 g/mol. The predicted octanol–water partition coefficient (Wildman–Crippen LogP) is 3.89. The molecule has 32 heavy (non-hydrogen) atoms. The number of nitrogens with zero attached hydrogens (tertiary/aromatic N) is 3. The number of benzene rings is 1. The predicted molar refractivity (Wildman–Crippen MR) is 128 cm³/mol. The van der Waals surface area contributed by atoms with Crippen LogP contribution in [0, 0.1) is 19.8 Å². The Labute approximate surface area is 191 Å². The summed E-state index contributed by atoms with van der Waals surface area (Å²) in [5.41, 5.74) is 7.98. The number of nitrogens with two attached hydrogens (primary N) is 1. The highest BCUT2D eigenvalue weighted by atomic mass is 32.1. The van der Waals surface area contributed by atoms with E-state index in [0.29, 0.717) is 5.69 Å². The summed E-state index contributed by atoms with van der Waals surface area (Å²) in [5, 5.41) is 6.80. The van der Waals surface area contributed by atoms with Gasteiger partial charge in [0.25, 0.3) is 0 Å². The van der Waals surface area contributed by atoms with Gasteiger partial charge in [-0.1, -0.05) is 12.1 Å². The van der Waals surface area contributed by atoms with Gasteiger partial charge in [0.05, 0.1) is 11.4 Å². The number of nitrogens with one attached hydrogen (secondary N) is 2. The first-order valence-electron chi connectivity index (χ1n) is 10.8. The molecule has 1 aromatic carbocycles. The molecule has 1 fully saturated rings. The standard InChI is InChI=1S/C23H28N6O2S/c1-13-15(3)32-22-19(13)20(25-12-26-22)29-10-8-17(9-11-29)21(30)27-14(2)16-4-6-18(7-5-16)28-23(24)31/h4-7,12,14,17H,8-11H2,1-3H3,(H,27,30)(H3,24,28,31). The summed E-state index contributed by atoms with van der Waals surface area (Å²) in [6, 6.07) is 6.59. The van der Waals surface area contributed by atoms with Gasteiger partial charge in [-0.2, -0.15) is 0 Å². The lowest BCUT2D eigenvalue weighted by molar-refractivity contribution is -0.126. The van der Waals surface area contributed by atoms with E-state index in [1.807, 2.05) is 19.1 Å². The highest BCUT2D eigenvalue weighted by molar-refractivity contribution is 7.18. The van der Waals surface area contributed by atoms with E-state index < -0.39 is 6.03 Å². The van der Waals surface area contributed by atoms with Crippen molar-refractivity contribution >= 4 is 45.0 Å². The first kappa shape index (κ1) is 22.0. The molecule has 0 radical (unpaired) electrons. The molecule has 1 aliphatic rings. The molecule has 2 aromatic heterocycles. The van der Waals surface area contributed by atoms with Crippen LogP contribution in [0.4, 0.5) is 16.3 Å². The SMILES string of the molecule is Cc1sc2ncnc(N3CCC(C(=O)NC(C)c4ccc(NC(N)=O)cc4)CC3)c2c1C. The van der Waals surface area contributed by atoms with Gasteiger partial charge in [-0.05, 0) is 56.9 Å². The number of anilines is 2. The van der Waals surface area contributed by atoms with E-state index in [9.17, 15) is 9.59 Å². The summed E-state index contributed by atoms with van der Waals surface area (Å²) in [7, 11) is 0. The molecule has 1 aliphatic heterocycles. The van der Waals surface area contributed by atoms with E-state index in [0.717, 1.165) is 47.5 Å². The molecule has 3 heterocycles. The van der Waals surface area contributed by atoms with Gasteiger partial charge in [0, 0.05) is 29.6 Å². The van der Waals surface area contributed by atoms with Crippen molar-refractivity contribution in [2.45, 2.75) is 39.7 Å². The highest BCUT2D eigenvalue weighted by Crippen LogP contribution is 2.35. The van der Waals surface area contributed by atoms with Crippen LogP contribution in [0.5, 0.6) is 0 Å². The monoisotopic (exact) mass is 452 g/mol. The minimum atomic E-state index is -0.600. The summed E-state index contributed by atoms with van der Waals surface area (Å²) in [4.78, 5) is 37.4. The Morgan fingerprint density at radius 1 is 1.16 bits per heavy atom. The quantitative estimate of drug-likeness (QED) is 0.543. The fourth-order valence-electron chi connectivity index (χ4n) is 4.17. The maximum atomic E-state index is 12.9. The zero-order valence-electron chi connectivity index (χ0n) is 18.5. The molecule has 4 N–H and O–H groups in total. The number of amides is 3. The molecule has 1 unspecified atom stereocenters. The van der Waals surface area contributed by atoms with E-state index >= 15 is 0 Å². The Morgan fingerprint density at radius 3 is 2.50 bits per heavy atom. The lowest BCUT2D eigenvalue weighted by Crippen LogP contribution is -2.41. The van der Waals surface area contributed by atoms with E-state index in [1.54, 1.807) is 29.8 Å². The fraction of sp³-hybridized carbons (Fsp3) is 0.391. The minimum Gasteiger partial charge on any atom is -0.356 e. The maximum Gasteiger partial charge on any atom is 0.316 e. The number of carbonyl (C=O) groups excluding carboxylic acids is 2. The second kappa shape index (κ2) is 9.12. The summed E-state index contributed by atoms with van der Waals surface area (Å²) in [6.45, 7) is 7.79. The van der Waals surface area contributed by atoms with Gasteiger partial charge in [-0.3, -0.25) is 4.79 Å². The molecule has 8 nitrogen and oxygen atoms in total. The van der Waals surface area contributed by atoms with Crippen molar-refractivity contribution in [3.05, 3.63) is 46.6 Å². The number of primary amides is 1. The van der Waals surface area contributed by atoms with Crippen LogP contribution in [0.1, 0.15) is 41.8 Å². The van der Waals surface area contributed by atoms with E-state index in [2.05, 4.69) is 39.3 Å². The van der Waals surface area contributed by atoms with Crippen LogP contribution in [0.15, 0.2) is 30.6 Å². The summed E-state index contributed by atoms with van der Waals surface area (Å²) < 4.78 is 0. The van der Waals surface area contributed by atoms with Crippen molar-refractivity contribution in [1.29, 1.82) is 0 Å². The molecular formula is C23H28N6O2S. The molecule has 3 aromatic rings. The van der Waals surface area contributed by atoms with Crippen molar-refractivity contribution in [2.75, 3.05) is 23.3 Å². The Balaban J connectivity index is 1.36. The zero-order valence-corrected chi connectivity index (χ0v) is 19.3. The summed E-state index contributed by atoms with van der Waals surface area (Å²) in [6.07, 6.45) is 3.21. The Kier molecular flexibility index (Phi) is 6.27. The summed E-state index contributed by atoms with van der Waals surface area (Å²) >= 11 is 1.70. The molecule has 3 amide bonds. The second-order valence-electron chi connectivity index (χ2n) is 8.26. The third-order valence-corrected chi connectivity index (χ3v) is 7.26. The van der Waals surface area contributed by atoms with Crippen LogP contribution in [-0.2, 0) is 4.79 Å². The molecule has 0 bridgehead atoms. The first-order valence-corrected chi connectivity index (χ1v) is 11.6. The molecular weight excluding hydrogens is 424 g/mol. The number of carbonyl (C=O) groups is 2. The average Bonchev–Trinajstić information content (AvgIpc) is 3.07. The molecule has 168 valence electrons. The lowest BCUT2D eigenvalue weighted by atomic mass is 9.95. The third-order valence-electron chi connectivity index (χ3n) is 6.15. The number of rotatable bonds is 5. The fourth-order valence-corrected chi connectivity index (χ4v) is 5.16. The van der Waals surface area contributed by atoms with Crippen LogP contribution >= 0.6 is 11.3 Å². The summed E-state index contributed by atoms with van der Waals surface area (Å²) in [5.74, 6) is 1.03. The normalized spacial score (nSPS) is 15.5. The van der Waals surface area contributed by atoms with Gasteiger partial charge in [0.1, 0.15) is 17.0 Å². The molecule has 4 rings (SSSR count). The van der Waals surface area contributed by atoms with Crippen LogP contribution < -0.4 is 21.3 Å². The smallest absolute Gasteiger partial charge is 0.316 e. The number of aryl methyl sites for hydroxylation is 2. The molecule has 1 saturated heterocycles. The first-order chi connectivity index (χ1) is 15.3. The van der Waals surface area contributed by atoms with Gasteiger partial charge < -0.3 is 21.3 Å². The maximum absolute atomic E-state index is 12.9. The Hall–Kier alpha value is -3.20. The number of hydrogen-bond donors (Lipinski definition) is 3. The largest absolute Gasteiger partial charge is 0.356 e.